The van der Waals surface area contributed by atoms with E-state index in [-0.39, 0.29) is 17.6 Å². The van der Waals surface area contributed by atoms with Crippen molar-refractivity contribution in [3.8, 4) is 0 Å². The summed E-state index contributed by atoms with van der Waals surface area (Å²) < 4.78 is 0. The van der Waals surface area contributed by atoms with Crippen LogP contribution in [0, 0.1) is 5.92 Å². The number of carbonyl (C=O) groups is 2. The van der Waals surface area contributed by atoms with Crippen molar-refractivity contribution < 1.29 is 9.59 Å². The molecule has 0 bridgehead atoms. The lowest BCUT2D eigenvalue weighted by molar-refractivity contribution is -0.125. The van der Waals surface area contributed by atoms with Gasteiger partial charge in [-0.15, -0.1) is 0 Å². The molecular formula is C23H27NO2. The Labute approximate surface area is 156 Å². The van der Waals surface area contributed by atoms with E-state index in [0.717, 1.165) is 36.1 Å². The second-order valence-corrected chi connectivity index (χ2v) is 7.40. The van der Waals surface area contributed by atoms with Gasteiger partial charge in [-0.3, -0.25) is 9.59 Å². The summed E-state index contributed by atoms with van der Waals surface area (Å²) in [6.07, 6.45) is 3.98. The maximum absolute atomic E-state index is 12.8. The Morgan fingerprint density at radius 3 is 2.35 bits per heavy atom. The average Bonchev–Trinajstić information content (AvgIpc) is 2.67. The number of anilines is 1. The Morgan fingerprint density at radius 1 is 1.04 bits per heavy atom. The van der Waals surface area contributed by atoms with Gasteiger partial charge in [0.1, 0.15) is 5.78 Å². The molecule has 3 heteroatoms. The van der Waals surface area contributed by atoms with Gasteiger partial charge in [-0.05, 0) is 30.5 Å². The minimum Gasteiger partial charge on any atom is -0.378 e. The summed E-state index contributed by atoms with van der Waals surface area (Å²) >= 11 is 0. The van der Waals surface area contributed by atoms with Gasteiger partial charge in [0.15, 0.2) is 5.78 Å². The molecular weight excluding hydrogens is 322 g/mol. The molecule has 0 aliphatic heterocycles. The number of Topliss-reactive ketones (excluding diaryl/α,β-unsaturated/α-hetero) is 2. The van der Waals surface area contributed by atoms with Gasteiger partial charge < -0.3 is 4.90 Å². The molecule has 0 N–H and O–H groups in total. The number of carbonyl (C=O) groups excluding carboxylic acids is 2. The first-order valence-electron chi connectivity index (χ1n) is 9.44. The first-order chi connectivity index (χ1) is 12.6. The summed E-state index contributed by atoms with van der Waals surface area (Å²) in [6.45, 7) is 0. The molecule has 3 nitrogen and oxygen atoms in total. The molecule has 1 aliphatic rings. The minimum absolute atomic E-state index is 0.0354. The van der Waals surface area contributed by atoms with Crippen LogP contribution in [0.4, 0.5) is 5.69 Å². The van der Waals surface area contributed by atoms with E-state index in [9.17, 15) is 9.59 Å². The summed E-state index contributed by atoms with van der Waals surface area (Å²) in [5.74, 6) is 0.359. The fraction of sp³-hybridized carbons (Fsp3) is 0.391. The Morgan fingerprint density at radius 2 is 1.73 bits per heavy atom. The molecule has 0 radical (unpaired) electrons. The van der Waals surface area contributed by atoms with E-state index in [2.05, 4.69) is 29.2 Å². The molecule has 1 aliphatic carbocycles. The zero-order valence-corrected chi connectivity index (χ0v) is 15.7. The number of ketones is 2. The van der Waals surface area contributed by atoms with Gasteiger partial charge in [0.05, 0.1) is 0 Å². The number of rotatable bonds is 6. The molecule has 1 saturated carbocycles. The zero-order chi connectivity index (χ0) is 18.5. The van der Waals surface area contributed by atoms with E-state index in [1.807, 2.05) is 44.4 Å². The minimum atomic E-state index is -0.0402. The second kappa shape index (κ2) is 8.31. The monoisotopic (exact) mass is 349 g/mol. The number of nitrogens with zero attached hydrogens (tertiary/aromatic N) is 1. The first-order valence-corrected chi connectivity index (χ1v) is 9.44. The third-order valence-electron chi connectivity index (χ3n) is 5.43. The molecule has 2 aromatic rings. The van der Waals surface area contributed by atoms with Gasteiger partial charge >= 0.3 is 0 Å². The maximum Gasteiger partial charge on any atom is 0.163 e. The van der Waals surface area contributed by atoms with E-state index < -0.39 is 0 Å². The summed E-state index contributed by atoms with van der Waals surface area (Å²) in [5, 5.41) is 0. The predicted octanol–water partition coefficient (Wildman–Crippen LogP) is 4.87. The molecule has 0 aromatic heterocycles. The Bertz CT molecular complexity index is 750. The Kier molecular flexibility index (Phi) is 5.87. The van der Waals surface area contributed by atoms with Gasteiger partial charge in [0.25, 0.3) is 0 Å². The standard InChI is InChI=1S/C23H27NO2/c1-24(2)19-14-12-17(13-15-19)21(20-10-6-7-11-22(20)25)16-23(26)18-8-4-3-5-9-18/h3-5,8-9,12-15,20-21H,6-7,10-11,16H2,1-2H3/t20-,21-/m1/s1. The van der Waals surface area contributed by atoms with Crippen LogP contribution in [0.2, 0.25) is 0 Å². The Hall–Kier alpha value is -2.42. The first kappa shape index (κ1) is 18.4. The van der Waals surface area contributed by atoms with Crippen molar-refractivity contribution >= 4 is 17.3 Å². The molecule has 2 atom stereocenters. The lowest BCUT2D eigenvalue weighted by Gasteiger charge is -2.29. The van der Waals surface area contributed by atoms with E-state index in [1.54, 1.807) is 0 Å². The smallest absolute Gasteiger partial charge is 0.163 e. The molecule has 1 fully saturated rings. The summed E-state index contributed by atoms with van der Waals surface area (Å²) in [7, 11) is 4.02. The van der Waals surface area contributed by atoms with Crippen molar-refractivity contribution in [2.75, 3.05) is 19.0 Å². The van der Waals surface area contributed by atoms with Crippen molar-refractivity contribution in [1.29, 1.82) is 0 Å². The van der Waals surface area contributed by atoms with Crippen molar-refractivity contribution in [2.24, 2.45) is 5.92 Å². The summed E-state index contributed by atoms with van der Waals surface area (Å²) in [6, 6.07) is 17.7. The SMILES string of the molecule is CN(C)c1ccc([C@@H](CC(=O)c2ccccc2)[C@H]2CCCCC2=O)cc1. The predicted molar refractivity (Wildman–Crippen MR) is 106 cm³/mol. The highest BCUT2D eigenvalue weighted by molar-refractivity contribution is 5.97. The molecule has 0 amide bonds. The Balaban J connectivity index is 1.88. The normalized spacial score (nSPS) is 18.4. The molecule has 0 spiro atoms. The molecule has 136 valence electrons. The maximum atomic E-state index is 12.8. The van der Waals surface area contributed by atoms with Crippen LogP contribution in [0.1, 0.15) is 53.9 Å². The highest BCUT2D eigenvalue weighted by Crippen LogP contribution is 2.37. The van der Waals surface area contributed by atoms with Crippen LogP contribution in [0.25, 0.3) is 0 Å². The van der Waals surface area contributed by atoms with Gasteiger partial charge in [0.2, 0.25) is 0 Å². The van der Waals surface area contributed by atoms with Gasteiger partial charge in [-0.2, -0.15) is 0 Å². The molecule has 0 saturated heterocycles. The quantitative estimate of drug-likeness (QED) is 0.698. The zero-order valence-electron chi connectivity index (χ0n) is 15.7. The topological polar surface area (TPSA) is 37.4 Å². The summed E-state index contributed by atoms with van der Waals surface area (Å²) in [4.78, 5) is 27.5. The van der Waals surface area contributed by atoms with Crippen LogP contribution in [0.15, 0.2) is 54.6 Å². The van der Waals surface area contributed by atoms with Gasteiger partial charge in [0, 0.05) is 50.0 Å². The van der Waals surface area contributed by atoms with Crippen molar-refractivity contribution in [2.45, 2.75) is 38.0 Å². The van der Waals surface area contributed by atoms with Crippen LogP contribution in [0.3, 0.4) is 0 Å². The summed E-state index contributed by atoms with van der Waals surface area (Å²) in [5.41, 5.74) is 2.95. The van der Waals surface area contributed by atoms with Crippen molar-refractivity contribution in [3.63, 3.8) is 0 Å². The molecule has 0 unspecified atom stereocenters. The number of benzene rings is 2. The second-order valence-electron chi connectivity index (χ2n) is 7.40. The fourth-order valence-corrected chi connectivity index (χ4v) is 3.89. The van der Waals surface area contributed by atoms with Crippen LogP contribution in [-0.4, -0.2) is 25.7 Å². The third-order valence-corrected chi connectivity index (χ3v) is 5.43. The lowest BCUT2D eigenvalue weighted by atomic mass is 9.73. The van der Waals surface area contributed by atoms with E-state index >= 15 is 0 Å². The van der Waals surface area contributed by atoms with Gasteiger partial charge in [-0.25, -0.2) is 0 Å². The highest BCUT2D eigenvalue weighted by atomic mass is 16.1. The van der Waals surface area contributed by atoms with Gasteiger partial charge in [-0.1, -0.05) is 48.9 Å². The van der Waals surface area contributed by atoms with Crippen LogP contribution >= 0.6 is 0 Å². The third kappa shape index (κ3) is 4.21. The molecule has 2 aromatic carbocycles. The fourth-order valence-electron chi connectivity index (χ4n) is 3.89. The molecule has 3 rings (SSSR count). The largest absolute Gasteiger partial charge is 0.378 e. The van der Waals surface area contributed by atoms with Crippen molar-refractivity contribution in [3.05, 3.63) is 65.7 Å². The molecule has 0 heterocycles. The average molecular weight is 349 g/mol. The number of hydrogen-bond acceptors (Lipinski definition) is 3. The van der Waals surface area contributed by atoms with Crippen LogP contribution < -0.4 is 4.90 Å². The molecule has 26 heavy (non-hydrogen) atoms. The number of hydrogen-bond donors (Lipinski definition) is 0. The lowest BCUT2D eigenvalue weighted by Crippen LogP contribution is -2.27. The van der Waals surface area contributed by atoms with E-state index in [0.29, 0.717) is 18.6 Å². The van der Waals surface area contributed by atoms with E-state index in [1.165, 1.54) is 0 Å². The highest BCUT2D eigenvalue weighted by Gasteiger charge is 2.32. The van der Waals surface area contributed by atoms with Crippen LogP contribution in [-0.2, 0) is 4.79 Å². The van der Waals surface area contributed by atoms with Crippen molar-refractivity contribution in [1.82, 2.24) is 0 Å². The van der Waals surface area contributed by atoms with E-state index in [4.69, 9.17) is 0 Å². The van der Waals surface area contributed by atoms with Crippen LogP contribution in [0.5, 0.6) is 0 Å².